The first kappa shape index (κ1) is 23.1. The zero-order valence-corrected chi connectivity index (χ0v) is 17.9. The van der Waals surface area contributed by atoms with Crippen molar-refractivity contribution in [2.24, 2.45) is 0 Å². The predicted molar refractivity (Wildman–Crippen MR) is 121 cm³/mol. The van der Waals surface area contributed by atoms with Gasteiger partial charge < -0.3 is 24.4 Å². The molecular weight excluding hydrogens is 409 g/mol. The Morgan fingerprint density at radius 2 is 1.19 bits per heavy atom. The molecule has 2 N–H and O–H groups in total. The van der Waals surface area contributed by atoms with Gasteiger partial charge in [-0.15, -0.1) is 0 Å². The number of carbonyl (C=O) groups excluding carboxylic acids is 2. The standard InChI is InChI=1S/C24H24BNO6/c1-31-21-11-3-17(4-12-21)15-26(16-18-5-13-22(32-2)14-6-18)24(28)23(27)19-7-9-20(10-8-19)25(29)30/h3-14,29-30H,15-16H2,1-2H3. The lowest BCUT2D eigenvalue weighted by Gasteiger charge is -2.23. The maximum Gasteiger partial charge on any atom is 0.488 e. The molecule has 0 atom stereocenters. The maximum atomic E-state index is 13.1. The second kappa shape index (κ2) is 10.6. The lowest BCUT2D eigenvalue weighted by Crippen LogP contribution is -2.36. The summed E-state index contributed by atoms with van der Waals surface area (Å²) < 4.78 is 10.4. The molecule has 0 aliphatic heterocycles. The van der Waals surface area contributed by atoms with E-state index in [2.05, 4.69) is 0 Å². The van der Waals surface area contributed by atoms with E-state index in [9.17, 15) is 19.6 Å². The number of carbonyl (C=O) groups is 2. The third-order valence-corrected chi connectivity index (χ3v) is 5.02. The van der Waals surface area contributed by atoms with Gasteiger partial charge in [-0.25, -0.2) is 0 Å². The van der Waals surface area contributed by atoms with E-state index in [0.717, 1.165) is 11.1 Å². The monoisotopic (exact) mass is 433 g/mol. The van der Waals surface area contributed by atoms with Crippen molar-refractivity contribution >= 4 is 24.3 Å². The van der Waals surface area contributed by atoms with Gasteiger partial charge in [0.15, 0.2) is 0 Å². The topological polar surface area (TPSA) is 96.3 Å². The lowest BCUT2D eigenvalue weighted by molar-refractivity contribution is -0.127. The normalized spacial score (nSPS) is 10.4. The van der Waals surface area contributed by atoms with Crippen LogP contribution in [-0.2, 0) is 17.9 Å². The first-order chi connectivity index (χ1) is 15.4. The van der Waals surface area contributed by atoms with Crippen LogP contribution in [0.5, 0.6) is 11.5 Å². The Kier molecular flexibility index (Phi) is 7.65. The van der Waals surface area contributed by atoms with Gasteiger partial charge in [-0.2, -0.15) is 0 Å². The largest absolute Gasteiger partial charge is 0.497 e. The predicted octanol–water partition coefficient (Wildman–Crippen LogP) is 1.80. The molecular formula is C24H24BNO6. The summed E-state index contributed by atoms with van der Waals surface area (Å²) in [5, 5.41) is 18.5. The number of Topliss-reactive ketones (excluding diaryl/α,β-unsaturated/α-hetero) is 1. The van der Waals surface area contributed by atoms with Gasteiger partial charge in [0.05, 0.1) is 14.2 Å². The smallest absolute Gasteiger partial charge is 0.488 e. The van der Waals surface area contributed by atoms with Crippen LogP contribution in [0.25, 0.3) is 0 Å². The fraction of sp³-hybridized carbons (Fsp3) is 0.167. The molecule has 3 aromatic carbocycles. The fourth-order valence-electron chi connectivity index (χ4n) is 3.18. The molecule has 164 valence electrons. The van der Waals surface area contributed by atoms with Gasteiger partial charge in [0.1, 0.15) is 11.5 Å². The van der Waals surface area contributed by atoms with E-state index in [-0.39, 0.29) is 24.1 Å². The molecule has 3 aromatic rings. The van der Waals surface area contributed by atoms with Crippen LogP contribution in [0.15, 0.2) is 72.8 Å². The van der Waals surface area contributed by atoms with E-state index in [1.807, 2.05) is 24.3 Å². The van der Waals surface area contributed by atoms with Gasteiger partial charge in [-0.3, -0.25) is 9.59 Å². The summed E-state index contributed by atoms with van der Waals surface area (Å²) in [6.45, 7) is 0.460. The van der Waals surface area contributed by atoms with Crippen LogP contribution in [0.3, 0.4) is 0 Å². The molecule has 0 saturated heterocycles. The molecule has 0 aliphatic carbocycles. The summed E-state index contributed by atoms with van der Waals surface area (Å²) in [7, 11) is 1.51. The zero-order valence-electron chi connectivity index (χ0n) is 17.9. The Balaban J connectivity index is 1.84. The maximum absolute atomic E-state index is 13.1. The van der Waals surface area contributed by atoms with E-state index < -0.39 is 18.8 Å². The molecule has 1 amide bonds. The minimum atomic E-state index is -1.64. The Hall–Kier alpha value is -3.62. The van der Waals surface area contributed by atoms with Gasteiger partial charge in [0.2, 0.25) is 5.78 Å². The molecule has 0 radical (unpaired) electrons. The first-order valence-corrected chi connectivity index (χ1v) is 9.97. The quantitative estimate of drug-likeness (QED) is 0.304. The van der Waals surface area contributed by atoms with E-state index in [1.165, 1.54) is 29.2 Å². The van der Waals surface area contributed by atoms with Gasteiger partial charge in [-0.05, 0) is 40.9 Å². The van der Waals surface area contributed by atoms with Gasteiger partial charge in [-0.1, -0.05) is 48.5 Å². The summed E-state index contributed by atoms with van der Waals surface area (Å²) >= 11 is 0. The SMILES string of the molecule is COc1ccc(CN(Cc2ccc(OC)cc2)C(=O)C(=O)c2ccc(B(O)O)cc2)cc1. The lowest BCUT2D eigenvalue weighted by atomic mass is 9.80. The molecule has 7 nitrogen and oxygen atoms in total. The van der Waals surface area contributed by atoms with Crippen molar-refractivity contribution in [2.75, 3.05) is 14.2 Å². The second-order valence-corrected chi connectivity index (χ2v) is 7.18. The minimum absolute atomic E-state index is 0.175. The molecule has 0 aromatic heterocycles. The second-order valence-electron chi connectivity index (χ2n) is 7.18. The summed E-state index contributed by atoms with van der Waals surface area (Å²) in [4.78, 5) is 27.5. The first-order valence-electron chi connectivity index (χ1n) is 9.97. The van der Waals surface area contributed by atoms with Crippen LogP contribution in [0, 0.1) is 0 Å². The summed E-state index contributed by atoms with van der Waals surface area (Å²) in [5.74, 6) is 0.0629. The van der Waals surface area contributed by atoms with Crippen LogP contribution in [0.2, 0.25) is 0 Å². The summed E-state index contributed by atoms with van der Waals surface area (Å²) in [6.07, 6.45) is 0. The molecule has 0 aliphatic rings. The summed E-state index contributed by atoms with van der Waals surface area (Å²) in [5.41, 5.74) is 2.11. The van der Waals surface area contributed by atoms with Crippen molar-refractivity contribution in [3.8, 4) is 11.5 Å². The molecule has 32 heavy (non-hydrogen) atoms. The van der Waals surface area contributed by atoms with Gasteiger partial charge in [0, 0.05) is 18.7 Å². The number of hydrogen-bond donors (Lipinski definition) is 2. The average Bonchev–Trinajstić information content (AvgIpc) is 2.83. The van der Waals surface area contributed by atoms with Crippen molar-refractivity contribution in [2.45, 2.75) is 13.1 Å². The van der Waals surface area contributed by atoms with E-state index in [0.29, 0.717) is 11.5 Å². The van der Waals surface area contributed by atoms with E-state index in [1.54, 1.807) is 38.5 Å². The number of ketones is 1. The van der Waals surface area contributed by atoms with Crippen LogP contribution in [-0.4, -0.2) is 48.0 Å². The highest BCUT2D eigenvalue weighted by Crippen LogP contribution is 2.18. The molecule has 0 unspecified atom stereocenters. The fourth-order valence-corrected chi connectivity index (χ4v) is 3.18. The number of benzene rings is 3. The third-order valence-electron chi connectivity index (χ3n) is 5.02. The highest BCUT2D eigenvalue weighted by molar-refractivity contribution is 6.58. The third kappa shape index (κ3) is 5.75. The average molecular weight is 433 g/mol. The van der Waals surface area contributed by atoms with E-state index in [4.69, 9.17) is 9.47 Å². The Labute approximate surface area is 187 Å². The summed E-state index contributed by atoms with van der Waals surface area (Å²) in [6, 6.07) is 20.2. The van der Waals surface area contributed by atoms with Crippen LogP contribution < -0.4 is 14.9 Å². The van der Waals surface area contributed by atoms with Crippen molar-refractivity contribution < 1.29 is 29.1 Å². The molecule has 0 bridgehead atoms. The Bertz CT molecular complexity index is 1000. The van der Waals surface area contributed by atoms with Crippen molar-refractivity contribution in [1.82, 2.24) is 4.90 Å². The Morgan fingerprint density at radius 3 is 1.56 bits per heavy atom. The van der Waals surface area contributed by atoms with Crippen LogP contribution in [0.1, 0.15) is 21.5 Å². The van der Waals surface area contributed by atoms with Crippen molar-refractivity contribution in [1.29, 1.82) is 0 Å². The van der Waals surface area contributed by atoms with Crippen LogP contribution in [0.4, 0.5) is 0 Å². The number of hydrogen-bond acceptors (Lipinski definition) is 6. The highest BCUT2D eigenvalue weighted by Gasteiger charge is 2.24. The van der Waals surface area contributed by atoms with E-state index >= 15 is 0 Å². The van der Waals surface area contributed by atoms with Crippen LogP contribution >= 0.6 is 0 Å². The molecule has 8 heteroatoms. The molecule has 3 rings (SSSR count). The van der Waals surface area contributed by atoms with Crippen molar-refractivity contribution in [3.05, 3.63) is 89.5 Å². The number of ether oxygens (including phenoxy) is 2. The van der Waals surface area contributed by atoms with Crippen molar-refractivity contribution in [3.63, 3.8) is 0 Å². The number of amides is 1. The molecule has 0 spiro atoms. The zero-order chi connectivity index (χ0) is 23.1. The minimum Gasteiger partial charge on any atom is -0.497 e. The molecule has 0 saturated carbocycles. The number of methoxy groups -OCH3 is 2. The molecule has 0 heterocycles. The number of nitrogens with zero attached hydrogens (tertiary/aromatic N) is 1. The van der Waals surface area contributed by atoms with Gasteiger partial charge in [0.25, 0.3) is 5.91 Å². The molecule has 0 fully saturated rings. The highest BCUT2D eigenvalue weighted by atomic mass is 16.5. The van der Waals surface area contributed by atoms with Gasteiger partial charge >= 0.3 is 7.12 Å². The number of rotatable bonds is 9. The Morgan fingerprint density at radius 1 is 0.750 bits per heavy atom.